The normalized spacial score (nSPS) is 10.9. The average Bonchev–Trinajstić information content (AvgIpc) is 3.14. The van der Waals surface area contributed by atoms with Gasteiger partial charge in [0, 0.05) is 12.7 Å². The molecular formula is C22H21FN6O. The van der Waals surface area contributed by atoms with Crippen molar-refractivity contribution < 1.29 is 9.18 Å². The van der Waals surface area contributed by atoms with Gasteiger partial charge in [0.25, 0.3) is 0 Å². The molecule has 8 heteroatoms. The molecule has 0 atom stereocenters. The van der Waals surface area contributed by atoms with Crippen LogP contribution in [0.4, 0.5) is 15.9 Å². The Bertz CT molecular complexity index is 1220. The van der Waals surface area contributed by atoms with Gasteiger partial charge < -0.3 is 10.2 Å². The lowest BCUT2D eigenvalue weighted by molar-refractivity contribution is -0.114. The fourth-order valence-corrected chi connectivity index (χ4v) is 3.28. The monoisotopic (exact) mass is 404 g/mol. The van der Waals surface area contributed by atoms with E-state index >= 15 is 0 Å². The first kappa shape index (κ1) is 19.5. The van der Waals surface area contributed by atoms with Crippen molar-refractivity contribution in [2.45, 2.75) is 13.8 Å². The second-order valence-electron chi connectivity index (χ2n) is 7.14. The number of hydrogen-bond donors (Lipinski definition) is 1. The van der Waals surface area contributed by atoms with Crippen LogP contribution in [0.5, 0.6) is 0 Å². The molecule has 152 valence electrons. The molecule has 0 fully saturated rings. The molecule has 0 radical (unpaired) electrons. The minimum atomic E-state index is -0.402. The van der Waals surface area contributed by atoms with E-state index in [4.69, 9.17) is 0 Å². The maximum Gasteiger partial charge on any atom is 0.243 e. The van der Waals surface area contributed by atoms with Crippen LogP contribution in [0.1, 0.15) is 11.1 Å². The summed E-state index contributed by atoms with van der Waals surface area (Å²) < 4.78 is 15.7. The molecule has 2 aromatic carbocycles. The van der Waals surface area contributed by atoms with Crippen LogP contribution in [0.25, 0.3) is 17.0 Å². The lowest BCUT2D eigenvalue weighted by Crippen LogP contribution is -2.31. The Balaban J connectivity index is 1.58. The molecule has 1 N–H and O–H groups in total. The molecule has 0 aliphatic carbocycles. The lowest BCUT2D eigenvalue weighted by atomic mass is 10.1. The van der Waals surface area contributed by atoms with E-state index in [-0.39, 0.29) is 12.5 Å². The number of fused-ring (bicyclic) bond motifs is 1. The van der Waals surface area contributed by atoms with Crippen molar-refractivity contribution in [2.75, 3.05) is 23.8 Å². The van der Waals surface area contributed by atoms with E-state index in [1.165, 1.54) is 10.6 Å². The fourth-order valence-electron chi connectivity index (χ4n) is 3.28. The highest BCUT2D eigenvalue weighted by Crippen LogP contribution is 2.22. The Labute approximate surface area is 173 Å². The smallest absolute Gasteiger partial charge is 0.243 e. The Kier molecular flexibility index (Phi) is 5.14. The standard InChI is InChI=1S/C22H21FN6O/c1-14-7-6-8-15(2)21(14)24-20(30)13-28(3)19-12-11-18-25-26-22(29(18)27-19)16-9-4-5-10-17(16)23/h4-12H,13H2,1-3H3,(H,24,30). The van der Waals surface area contributed by atoms with E-state index in [1.54, 1.807) is 42.3 Å². The van der Waals surface area contributed by atoms with Crippen molar-refractivity contribution in [3.05, 3.63) is 71.5 Å². The first-order valence-electron chi connectivity index (χ1n) is 9.48. The van der Waals surface area contributed by atoms with Crippen molar-refractivity contribution in [3.8, 4) is 11.4 Å². The third-order valence-corrected chi connectivity index (χ3v) is 4.88. The number of benzene rings is 2. The van der Waals surface area contributed by atoms with Gasteiger partial charge in [0.15, 0.2) is 11.5 Å². The molecule has 0 saturated heterocycles. The van der Waals surface area contributed by atoms with Gasteiger partial charge in [-0.15, -0.1) is 15.3 Å². The van der Waals surface area contributed by atoms with E-state index in [1.807, 2.05) is 32.0 Å². The molecule has 1 amide bonds. The molecule has 2 aromatic heterocycles. The summed E-state index contributed by atoms with van der Waals surface area (Å²) >= 11 is 0. The van der Waals surface area contributed by atoms with E-state index in [0.29, 0.717) is 22.9 Å². The molecule has 0 aliphatic rings. The zero-order valence-corrected chi connectivity index (χ0v) is 16.9. The van der Waals surface area contributed by atoms with Gasteiger partial charge in [-0.2, -0.15) is 4.52 Å². The molecule has 0 bridgehead atoms. The Morgan fingerprint density at radius 2 is 1.77 bits per heavy atom. The summed E-state index contributed by atoms with van der Waals surface area (Å²) in [5, 5.41) is 15.6. The topological polar surface area (TPSA) is 75.4 Å². The number of likely N-dealkylation sites (N-methyl/N-ethyl adjacent to an activating group) is 1. The van der Waals surface area contributed by atoms with Crippen LogP contribution in [0, 0.1) is 19.7 Å². The number of carbonyl (C=O) groups excluding carboxylic acids is 1. The molecule has 7 nitrogen and oxygen atoms in total. The fraction of sp³-hybridized carbons (Fsp3) is 0.182. The number of para-hydroxylation sites is 1. The van der Waals surface area contributed by atoms with Gasteiger partial charge in [0.1, 0.15) is 11.6 Å². The van der Waals surface area contributed by atoms with Gasteiger partial charge in [-0.05, 0) is 49.2 Å². The zero-order valence-electron chi connectivity index (χ0n) is 16.9. The van der Waals surface area contributed by atoms with Crippen LogP contribution in [0.2, 0.25) is 0 Å². The van der Waals surface area contributed by atoms with Gasteiger partial charge in [0.2, 0.25) is 5.91 Å². The van der Waals surface area contributed by atoms with Gasteiger partial charge in [-0.25, -0.2) is 4.39 Å². The van der Waals surface area contributed by atoms with Crippen LogP contribution < -0.4 is 10.2 Å². The van der Waals surface area contributed by atoms with Crippen LogP contribution >= 0.6 is 0 Å². The lowest BCUT2D eigenvalue weighted by Gasteiger charge is -2.19. The summed E-state index contributed by atoms with van der Waals surface area (Å²) in [4.78, 5) is 14.3. The summed E-state index contributed by atoms with van der Waals surface area (Å²) in [6.45, 7) is 4.01. The average molecular weight is 404 g/mol. The Morgan fingerprint density at radius 3 is 2.50 bits per heavy atom. The molecular weight excluding hydrogens is 383 g/mol. The molecule has 30 heavy (non-hydrogen) atoms. The summed E-state index contributed by atoms with van der Waals surface area (Å²) in [5.41, 5.74) is 3.63. The number of halogens is 1. The van der Waals surface area contributed by atoms with Crippen molar-refractivity contribution in [2.24, 2.45) is 0 Å². The van der Waals surface area contributed by atoms with Crippen LogP contribution in [-0.2, 0) is 4.79 Å². The van der Waals surface area contributed by atoms with Crippen molar-refractivity contribution >= 4 is 23.1 Å². The summed E-state index contributed by atoms with van der Waals surface area (Å²) in [5.74, 6) is 0.282. The Hall–Kier alpha value is -3.81. The van der Waals surface area contributed by atoms with Crippen molar-refractivity contribution in [3.63, 3.8) is 0 Å². The second kappa shape index (κ2) is 7.90. The number of hydrogen-bond acceptors (Lipinski definition) is 5. The highest BCUT2D eigenvalue weighted by Gasteiger charge is 2.16. The molecule has 0 unspecified atom stereocenters. The second-order valence-corrected chi connectivity index (χ2v) is 7.14. The van der Waals surface area contributed by atoms with Gasteiger partial charge in [0.05, 0.1) is 12.1 Å². The number of aryl methyl sites for hydroxylation is 2. The van der Waals surface area contributed by atoms with Crippen LogP contribution in [0.3, 0.4) is 0 Å². The Morgan fingerprint density at radius 1 is 1.03 bits per heavy atom. The quantitative estimate of drug-likeness (QED) is 0.550. The number of nitrogens with zero attached hydrogens (tertiary/aromatic N) is 5. The molecule has 4 rings (SSSR count). The van der Waals surface area contributed by atoms with E-state index in [0.717, 1.165) is 16.8 Å². The van der Waals surface area contributed by atoms with Gasteiger partial charge >= 0.3 is 0 Å². The number of rotatable bonds is 5. The minimum Gasteiger partial charge on any atom is -0.349 e. The highest BCUT2D eigenvalue weighted by molar-refractivity contribution is 5.95. The predicted molar refractivity (Wildman–Crippen MR) is 114 cm³/mol. The summed E-state index contributed by atoms with van der Waals surface area (Å²) in [7, 11) is 1.77. The van der Waals surface area contributed by atoms with Crippen LogP contribution in [0.15, 0.2) is 54.6 Å². The number of aromatic nitrogens is 4. The molecule has 0 saturated carbocycles. The highest BCUT2D eigenvalue weighted by atomic mass is 19.1. The summed E-state index contributed by atoms with van der Waals surface area (Å²) in [6.07, 6.45) is 0. The van der Waals surface area contributed by atoms with Gasteiger partial charge in [-0.1, -0.05) is 30.3 Å². The third-order valence-electron chi connectivity index (χ3n) is 4.88. The maximum atomic E-state index is 14.2. The molecule has 0 spiro atoms. The largest absolute Gasteiger partial charge is 0.349 e. The number of carbonyl (C=O) groups is 1. The number of anilines is 2. The molecule has 0 aliphatic heterocycles. The SMILES string of the molecule is Cc1cccc(C)c1NC(=O)CN(C)c1ccc2nnc(-c3ccccc3F)n2n1. The minimum absolute atomic E-state index is 0.101. The van der Waals surface area contributed by atoms with Crippen molar-refractivity contribution in [1.82, 2.24) is 19.8 Å². The number of nitrogens with one attached hydrogen (secondary N) is 1. The molecule has 2 heterocycles. The first-order valence-corrected chi connectivity index (χ1v) is 9.48. The van der Waals surface area contributed by atoms with Crippen LogP contribution in [-0.4, -0.2) is 39.3 Å². The predicted octanol–water partition coefficient (Wildman–Crippen LogP) is 3.62. The summed E-state index contributed by atoms with van der Waals surface area (Å²) in [6, 6.07) is 15.7. The maximum absolute atomic E-state index is 14.2. The first-order chi connectivity index (χ1) is 14.4. The number of amides is 1. The van der Waals surface area contributed by atoms with Crippen molar-refractivity contribution in [1.29, 1.82) is 0 Å². The van der Waals surface area contributed by atoms with E-state index < -0.39 is 5.82 Å². The van der Waals surface area contributed by atoms with E-state index in [9.17, 15) is 9.18 Å². The molecule has 4 aromatic rings. The van der Waals surface area contributed by atoms with Gasteiger partial charge in [-0.3, -0.25) is 4.79 Å². The third kappa shape index (κ3) is 3.71. The van der Waals surface area contributed by atoms with E-state index in [2.05, 4.69) is 20.6 Å². The zero-order chi connectivity index (χ0) is 21.3.